The van der Waals surface area contributed by atoms with Gasteiger partial charge in [-0.2, -0.15) is 5.10 Å². The van der Waals surface area contributed by atoms with Gasteiger partial charge in [-0.05, 0) is 18.2 Å². The van der Waals surface area contributed by atoms with Gasteiger partial charge in [-0.3, -0.25) is 9.48 Å². The molecule has 0 bridgehead atoms. The summed E-state index contributed by atoms with van der Waals surface area (Å²) < 4.78 is 15.1. The van der Waals surface area contributed by atoms with Crippen molar-refractivity contribution in [3.63, 3.8) is 0 Å². The van der Waals surface area contributed by atoms with Crippen LogP contribution in [0.25, 0.3) is 0 Å². The Bertz CT molecular complexity index is 713. The van der Waals surface area contributed by atoms with Crippen LogP contribution in [0.5, 0.6) is 0 Å². The molecule has 2 rings (SSSR count). The lowest BCUT2D eigenvalue weighted by Crippen LogP contribution is -2.11. The van der Waals surface area contributed by atoms with Gasteiger partial charge in [0.2, 0.25) is 0 Å². The summed E-state index contributed by atoms with van der Waals surface area (Å²) >= 11 is 0. The molecule has 2 N–H and O–H groups in total. The van der Waals surface area contributed by atoms with Crippen LogP contribution in [0.15, 0.2) is 30.6 Å². The van der Waals surface area contributed by atoms with Crippen LogP contribution in [-0.4, -0.2) is 27.4 Å². The smallest absolute Gasteiger partial charge is 0.258 e. The molecular weight excluding hydrogens is 273 g/mol. The molecule has 0 aliphatic carbocycles. The standard InChI is InChI=1S/C15H14FN3O2/c1-19-10-12(9-17-19)15(21)18-13-5-6-14(16)11(8-13)4-2-3-7-20/h5-6,8-10,20H,3,7H2,1H3,(H,18,21). The molecule has 0 spiro atoms. The Morgan fingerprint density at radius 2 is 2.33 bits per heavy atom. The van der Waals surface area contributed by atoms with E-state index in [1.54, 1.807) is 13.2 Å². The van der Waals surface area contributed by atoms with Gasteiger partial charge >= 0.3 is 0 Å². The normalized spacial score (nSPS) is 9.86. The molecule has 0 aliphatic heterocycles. The zero-order valence-corrected chi connectivity index (χ0v) is 11.4. The maximum Gasteiger partial charge on any atom is 0.258 e. The molecular formula is C15H14FN3O2. The Kier molecular flexibility index (Phi) is 4.69. The Morgan fingerprint density at radius 3 is 3.00 bits per heavy atom. The Hall–Kier alpha value is -2.65. The third-order valence-electron chi connectivity index (χ3n) is 2.65. The molecule has 6 heteroatoms. The highest BCUT2D eigenvalue weighted by Crippen LogP contribution is 2.15. The molecule has 0 unspecified atom stereocenters. The highest BCUT2D eigenvalue weighted by Gasteiger charge is 2.09. The number of aryl methyl sites for hydroxylation is 1. The van der Waals surface area contributed by atoms with E-state index < -0.39 is 5.82 Å². The molecule has 0 aliphatic rings. The lowest BCUT2D eigenvalue weighted by Gasteiger charge is -2.04. The zero-order valence-electron chi connectivity index (χ0n) is 11.4. The summed E-state index contributed by atoms with van der Waals surface area (Å²) in [5.74, 6) is 4.46. The third-order valence-corrected chi connectivity index (χ3v) is 2.65. The number of hydrogen-bond acceptors (Lipinski definition) is 3. The maximum absolute atomic E-state index is 13.6. The second-order valence-corrected chi connectivity index (χ2v) is 4.33. The molecule has 1 aromatic heterocycles. The number of nitrogens with zero attached hydrogens (tertiary/aromatic N) is 2. The fourth-order valence-corrected chi connectivity index (χ4v) is 1.65. The summed E-state index contributed by atoms with van der Waals surface area (Å²) in [4.78, 5) is 12.0. The van der Waals surface area contributed by atoms with Gasteiger partial charge in [-0.1, -0.05) is 11.8 Å². The van der Waals surface area contributed by atoms with E-state index in [1.165, 1.54) is 29.1 Å². The van der Waals surface area contributed by atoms with Crippen LogP contribution in [0.4, 0.5) is 10.1 Å². The van der Waals surface area contributed by atoms with Gasteiger partial charge < -0.3 is 10.4 Å². The van der Waals surface area contributed by atoms with Crippen LogP contribution < -0.4 is 5.32 Å². The SMILES string of the molecule is Cn1cc(C(=O)Nc2ccc(F)c(C#CCCO)c2)cn1. The predicted molar refractivity (Wildman–Crippen MR) is 76.1 cm³/mol. The Labute approximate surface area is 121 Å². The fraction of sp³-hybridized carbons (Fsp3) is 0.200. The molecule has 21 heavy (non-hydrogen) atoms. The lowest BCUT2D eigenvalue weighted by molar-refractivity contribution is 0.102. The van der Waals surface area contributed by atoms with Crippen molar-refractivity contribution in [2.45, 2.75) is 6.42 Å². The fourth-order valence-electron chi connectivity index (χ4n) is 1.65. The first-order valence-electron chi connectivity index (χ1n) is 6.29. The molecule has 0 fully saturated rings. The molecule has 0 radical (unpaired) electrons. The van der Waals surface area contributed by atoms with Crippen molar-refractivity contribution in [1.29, 1.82) is 0 Å². The second kappa shape index (κ2) is 6.68. The zero-order chi connectivity index (χ0) is 15.2. The van der Waals surface area contributed by atoms with Gasteiger partial charge in [0, 0.05) is 25.4 Å². The maximum atomic E-state index is 13.6. The summed E-state index contributed by atoms with van der Waals surface area (Å²) in [6.07, 6.45) is 3.30. The number of aliphatic hydroxyl groups excluding tert-OH is 1. The van der Waals surface area contributed by atoms with E-state index in [9.17, 15) is 9.18 Å². The van der Waals surface area contributed by atoms with E-state index in [-0.39, 0.29) is 24.5 Å². The topological polar surface area (TPSA) is 67.2 Å². The number of halogens is 1. The first-order chi connectivity index (χ1) is 10.1. The highest BCUT2D eigenvalue weighted by molar-refractivity contribution is 6.04. The lowest BCUT2D eigenvalue weighted by atomic mass is 10.2. The van der Waals surface area contributed by atoms with E-state index in [2.05, 4.69) is 22.3 Å². The molecule has 5 nitrogen and oxygen atoms in total. The van der Waals surface area contributed by atoms with Crippen LogP contribution in [-0.2, 0) is 7.05 Å². The number of rotatable bonds is 3. The van der Waals surface area contributed by atoms with Gasteiger partial charge in [0.1, 0.15) is 5.82 Å². The summed E-state index contributed by atoms with van der Waals surface area (Å²) in [7, 11) is 1.71. The average molecular weight is 287 g/mol. The number of nitrogens with one attached hydrogen (secondary N) is 1. The molecule has 0 saturated heterocycles. The number of carbonyl (C=O) groups excluding carboxylic acids is 1. The first-order valence-corrected chi connectivity index (χ1v) is 6.29. The van der Waals surface area contributed by atoms with E-state index in [0.717, 1.165) is 0 Å². The number of hydrogen-bond donors (Lipinski definition) is 2. The van der Waals surface area contributed by atoms with Crippen molar-refractivity contribution in [2.24, 2.45) is 7.05 Å². The summed E-state index contributed by atoms with van der Waals surface area (Å²) in [5.41, 5.74) is 1.03. The number of benzene rings is 1. The first kappa shape index (κ1) is 14.8. The number of anilines is 1. The second-order valence-electron chi connectivity index (χ2n) is 4.33. The molecule has 1 aromatic carbocycles. The molecule has 1 amide bonds. The van der Waals surface area contributed by atoms with E-state index >= 15 is 0 Å². The number of aliphatic hydroxyl groups is 1. The summed E-state index contributed by atoms with van der Waals surface area (Å²) in [6, 6.07) is 4.15. The Morgan fingerprint density at radius 1 is 1.52 bits per heavy atom. The highest BCUT2D eigenvalue weighted by atomic mass is 19.1. The van der Waals surface area contributed by atoms with Crippen LogP contribution in [0, 0.1) is 17.7 Å². The van der Waals surface area contributed by atoms with Crippen LogP contribution in [0.2, 0.25) is 0 Å². The minimum absolute atomic E-state index is 0.0773. The monoisotopic (exact) mass is 287 g/mol. The van der Waals surface area contributed by atoms with Crippen molar-refractivity contribution in [3.8, 4) is 11.8 Å². The molecule has 0 atom stereocenters. The molecule has 0 saturated carbocycles. The molecule has 1 heterocycles. The van der Waals surface area contributed by atoms with Crippen molar-refractivity contribution in [3.05, 3.63) is 47.5 Å². The quantitative estimate of drug-likeness (QED) is 0.842. The number of aromatic nitrogens is 2. The average Bonchev–Trinajstić information content (AvgIpc) is 2.89. The van der Waals surface area contributed by atoms with Gasteiger partial charge in [0.05, 0.1) is 23.9 Å². The summed E-state index contributed by atoms with van der Waals surface area (Å²) in [6.45, 7) is -0.0773. The Balaban J connectivity index is 2.16. The van der Waals surface area contributed by atoms with Gasteiger partial charge in [-0.25, -0.2) is 4.39 Å². The van der Waals surface area contributed by atoms with Crippen LogP contribution in [0.3, 0.4) is 0 Å². The minimum atomic E-state index is -0.472. The van der Waals surface area contributed by atoms with Gasteiger partial charge in [-0.15, -0.1) is 0 Å². The van der Waals surface area contributed by atoms with Crippen LogP contribution >= 0.6 is 0 Å². The number of amides is 1. The van der Waals surface area contributed by atoms with Crippen molar-refractivity contribution in [1.82, 2.24) is 9.78 Å². The van der Waals surface area contributed by atoms with Crippen LogP contribution in [0.1, 0.15) is 22.3 Å². The van der Waals surface area contributed by atoms with E-state index in [1.807, 2.05) is 0 Å². The third kappa shape index (κ3) is 3.91. The van der Waals surface area contributed by atoms with Gasteiger partial charge in [0.15, 0.2) is 0 Å². The largest absolute Gasteiger partial charge is 0.395 e. The van der Waals surface area contributed by atoms with Crippen molar-refractivity contribution < 1.29 is 14.3 Å². The predicted octanol–water partition coefficient (Wildman–Crippen LogP) is 1.55. The molecule has 108 valence electrons. The van der Waals surface area contributed by atoms with Crippen molar-refractivity contribution >= 4 is 11.6 Å². The van der Waals surface area contributed by atoms with E-state index in [0.29, 0.717) is 11.3 Å². The van der Waals surface area contributed by atoms with Crippen molar-refractivity contribution in [2.75, 3.05) is 11.9 Å². The number of carbonyl (C=O) groups is 1. The van der Waals surface area contributed by atoms with E-state index in [4.69, 9.17) is 5.11 Å². The molecule has 2 aromatic rings. The minimum Gasteiger partial charge on any atom is -0.395 e. The van der Waals surface area contributed by atoms with Gasteiger partial charge in [0.25, 0.3) is 5.91 Å². The summed E-state index contributed by atoms with van der Waals surface area (Å²) in [5, 5.41) is 15.2.